The lowest BCUT2D eigenvalue weighted by Gasteiger charge is -2.29. The highest BCUT2D eigenvalue weighted by Gasteiger charge is 2.31. The van der Waals surface area contributed by atoms with Crippen LogP contribution in [0.1, 0.15) is 20.3 Å². The molecule has 0 aromatic carbocycles. The van der Waals surface area contributed by atoms with Crippen LogP contribution in [-0.4, -0.2) is 48.7 Å². The summed E-state index contributed by atoms with van der Waals surface area (Å²) in [5, 5.41) is 12.3. The molecule has 1 heterocycles. The number of nitrogens with one attached hydrogen (secondary N) is 1. The van der Waals surface area contributed by atoms with Crippen LogP contribution in [0.5, 0.6) is 0 Å². The summed E-state index contributed by atoms with van der Waals surface area (Å²) in [6.45, 7) is 6.87. The second-order valence-electron chi connectivity index (χ2n) is 4.44. The second kappa shape index (κ2) is 4.75. The number of aliphatic hydroxyl groups is 1. The van der Waals surface area contributed by atoms with E-state index >= 15 is 0 Å². The Labute approximate surface area is 85.3 Å². The van der Waals surface area contributed by atoms with E-state index in [0.717, 1.165) is 32.6 Å². The van der Waals surface area contributed by atoms with Crippen LogP contribution in [0.15, 0.2) is 0 Å². The van der Waals surface area contributed by atoms with E-state index in [1.165, 1.54) is 0 Å². The first-order valence-corrected chi connectivity index (χ1v) is 5.19. The fourth-order valence-corrected chi connectivity index (χ4v) is 1.54. The number of aliphatic hydroxyl groups excluding tert-OH is 1. The zero-order valence-corrected chi connectivity index (χ0v) is 9.05. The lowest BCUT2D eigenvalue weighted by atomic mass is 9.93. The summed E-state index contributed by atoms with van der Waals surface area (Å²) in [6, 6.07) is 0. The van der Waals surface area contributed by atoms with Gasteiger partial charge >= 0.3 is 0 Å². The summed E-state index contributed by atoms with van der Waals surface area (Å²) >= 11 is 0. The highest BCUT2D eigenvalue weighted by atomic mass is 16.3. The van der Waals surface area contributed by atoms with Gasteiger partial charge in [0.2, 0.25) is 5.91 Å². The average Bonchev–Trinajstić information content (AvgIpc) is 2.44. The summed E-state index contributed by atoms with van der Waals surface area (Å²) in [5.74, 6) is 0.0590. The van der Waals surface area contributed by atoms with Crippen molar-refractivity contribution in [2.75, 3.05) is 32.8 Å². The third-order valence-electron chi connectivity index (χ3n) is 2.60. The zero-order chi connectivity index (χ0) is 10.6. The van der Waals surface area contributed by atoms with Crippen LogP contribution in [0.4, 0.5) is 0 Å². The number of hydrogen-bond acceptors (Lipinski definition) is 3. The first-order chi connectivity index (χ1) is 6.58. The normalized spacial score (nSPS) is 19.2. The molecule has 2 N–H and O–H groups in total. The molecule has 1 amide bonds. The number of hydrogen-bond donors (Lipinski definition) is 2. The smallest absolute Gasteiger partial charge is 0.230 e. The number of nitrogens with zero attached hydrogens (tertiary/aromatic N) is 1. The van der Waals surface area contributed by atoms with Crippen LogP contribution in [0.2, 0.25) is 0 Å². The van der Waals surface area contributed by atoms with Crippen LogP contribution < -0.4 is 5.32 Å². The Morgan fingerprint density at radius 3 is 2.79 bits per heavy atom. The molecule has 1 fully saturated rings. The molecular formula is C10H20N2O2. The third-order valence-corrected chi connectivity index (χ3v) is 2.60. The molecule has 0 bridgehead atoms. The molecule has 4 nitrogen and oxygen atoms in total. The standard InChI is InChI=1S/C10H20N2O2/c1-10(2,8-13)9(14)12-6-3-4-11-5-7-12/h11,13H,3-8H2,1-2H3. The molecule has 4 heteroatoms. The maximum absolute atomic E-state index is 11.9. The maximum Gasteiger partial charge on any atom is 0.230 e. The van der Waals surface area contributed by atoms with Gasteiger partial charge in [0, 0.05) is 19.6 Å². The van der Waals surface area contributed by atoms with Crippen LogP contribution in [0.25, 0.3) is 0 Å². The van der Waals surface area contributed by atoms with E-state index in [9.17, 15) is 4.79 Å². The summed E-state index contributed by atoms with van der Waals surface area (Å²) < 4.78 is 0. The molecule has 1 aliphatic rings. The van der Waals surface area contributed by atoms with E-state index in [1.54, 1.807) is 13.8 Å². The molecule has 0 spiro atoms. The quantitative estimate of drug-likeness (QED) is 0.650. The van der Waals surface area contributed by atoms with Gasteiger partial charge in [0.15, 0.2) is 0 Å². The lowest BCUT2D eigenvalue weighted by molar-refractivity contribution is -0.142. The Balaban J connectivity index is 2.58. The summed E-state index contributed by atoms with van der Waals surface area (Å²) in [5.41, 5.74) is -0.635. The topological polar surface area (TPSA) is 52.6 Å². The molecule has 0 radical (unpaired) electrons. The molecule has 0 aromatic heterocycles. The Hall–Kier alpha value is -0.610. The largest absolute Gasteiger partial charge is 0.395 e. The minimum atomic E-state index is -0.635. The van der Waals surface area contributed by atoms with Crippen molar-refractivity contribution >= 4 is 5.91 Å². The Morgan fingerprint density at radius 2 is 2.14 bits per heavy atom. The molecule has 0 unspecified atom stereocenters. The zero-order valence-electron chi connectivity index (χ0n) is 9.05. The van der Waals surface area contributed by atoms with Gasteiger partial charge in [-0.25, -0.2) is 0 Å². The molecule has 1 saturated heterocycles. The molecular weight excluding hydrogens is 180 g/mol. The highest BCUT2D eigenvalue weighted by Crippen LogP contribution is 2.18. The number of rotatable bonds is 2. The van der Waals surface area contributed by atoms with Crippen molar-refractivity contribution in [3.63, 3.8) is 0 Å². The van der Waals surface area contributed by atoms with E-state index in [-0.39, 0.29) is 12.5 Å². The van der Waals surface area contributed by atoms with Gasteiger partial charge in [-0.1, -0.05) is 0 Å². The van der Waals surface area contributed by atoms with Crippen LogP contribution >= 0.6 is 0 Å². The molecule has 0 aliphatic carbocycles. The van der Waals surface area contributed by atoms with Crippen molar-refractivity contribution in [3.05, 3.63) is 0 Å². The Bertz CT molecular complexity index is 196. The predicted molar refractivity (Wildman–Crippen MR) is 54.9 cm³/mol. The number of carbonyl (C=O) groups is 1. The van der Waals surface area contributed by atoms with Gasteiger partial charge < -0.3 is 15.3 Å². The second-order valence-corrected chi connectivity index (χ2v) is 4.44. The van der Waals surface area contributed by atoms with E-state index in [1.807, 2.05) is 4.90 Å². The van der Waals surface area contributed by atoms with E-state index in [0.29, 0.717) is 0 Å². The van der Waals surface area contributed by atoms with Crippen molar-refractivity contribution < 1.29 is 9.90 Å². The minimum Gasteiger partial charge on any atom is -0.395 e. The maximum atomic E-state index is 11.9. The van der Waals surface area contributed by atoms with Gasteiger partial charge in [-0.2, -0.15) is 0 Å². The minimum absolute atomic E-state index is 0.0590. The summed E-state index contributed by atoms with van der Waals surface area (Å²) in [6.07, 6.45) is 0.993. The van der Waals surface area contributed by atoms with Crippen LogP contribution in [0.3, 0.4) is 0 Å². The average molecular weight is 200 g/mol. The molecule has 0 atom stereocenters. The van der Waals surface area contributed by atoms with Gasteiger partial charge in [0.25, 0.3) is 0 Å². The monoisotopic (exact) mass is 200 g/mol. The lowest BCUT2D eigenvalue weighted by Crippen LogP contribution is -2.44. The molecule has 1 aliphatic heterocycles. The predicted octanol–water partition coefficient (Wildman–Crippen LogP) is -0.173. The van der Waals surface area contributed by atoms with E-state index in [2.05, 4.69) is 5.32 Å². The molecule has 14 heavy (non-hydrogen) atoms. The molecule has 0 aromatic rings. The fourth-order valence-electron chi connectivity index (χ4n) is 1.54. The van der Waals surface area contributed by atoms with E-state index in [4.69, 9.17) is 5.11 Å². The molecule has 82 valence electrons. The van der Waals surface area contributed by atoms with Crippen molar-refractivity contribution in [3.8, 4) is 0 Å². The van der Waals surface area contributed by atoms with Gasteiger partial charge in [0.1, 0.15) is 0 Å². The van der Waals surface area contributed by atoms with Gasteiger partial charge in [-0.15, -0.1) is 0 Å². The van der Waals surface area contributed by atoms with Gasteiger partial charge in [-0.3, -0.25) is 4.79 Å². The Morgan fingerprint density at radius 1 is 1.43 bits per heavy atom. The van der Waals surface area contributed by atoms with Crippen molar-refractivity contribution in [2.24, 2.45) is 5.41 Å². The van der Waals surface area contributed by atoms with Gasteiger partial charge in [-0.05, 0) is 26.8 Å². The molecule has 1 rings (SSSR count). The van der Waals surface area contributed by atoms with Crippen molar-refractivity contribution in [2.45, 2.75) is 20.3 Å². The van der Waals surface area contributed by atoms with Crippen molar-refractivity contribution in [1.82, 2.24) is 10.2 Å². The number of amides is 1. The summed E-state index contributed by atoms with van der Waals surface area (Å²) in [7, 11) is 0. The third kappa shape index (κ3) is 2.69. The SMILES string of the molecule is CC(C)(CO)C(=O)N1CCCNCC1. The molecule has 0 saturated carbocycles. The first-order valence-electron chi connectivity index (χ1n) is 5.19. The van der Waals surface area contributed by atoms with Crippen LogP contribution in [0, 0.1) is 5.41 Å². The van der Waals surface area contributed by atoms with Crippen LogP contribution in [-0.2, 0) is 4.79 Å². The van der Waals surface area contributed by atoms with E-state index < -0.39 is 5.41 Å². The number of carbonyl (C=O) groups excluding carboxylic acids is 1. The van der Waals surface area contributed by atoms with Crippen molar-refractivity contribution in [1.29, 1.82) is 0 Å². The fraction of sp³-hybridized carbons (Fsp3) is 0.900. The highest BCUT2D eigenvalue weighted by molar-refractivity contribution is 5.82. The summed E-state index contributed by atoms with van der Waals surface area (Å²) in [4.78, 5) is 13.8. The Kier molecular flexibility index (Phi) is 3.89. The first kappa shape index (κ1) is 11.5. The van der Waals surface area contributed by atoms with Gasteiger partial charge in [0.05, 0.1) is 12.0 Å².